The van der Waals surface area contributed by atoms with E-state index in [4.69, 9.17) is 23.2 Å². The van der Waals surface area contributed by atoms with Crippen LogP contribution >= 0.6 is 23.2 Å². The fourth-order valence-electron chi connectivity index (χ4n) is 2.13. The standard InChI is InChI=1S/C15H11Cl2N3O/c1-8-5-19-13-4-9(2-3-10(8)13)15(21)20-14-11(16)6-18-7-12(14)17/h2-7,19H,1H3,(H,18,20,21). The maximum atomic E-state index is 12.3. The van der Waals surface area contributed by atoms with Gasteiger partial charge in [0.2, 0.25) is 0 Å². The number of nitrogens with zero attached hydrogens (tertiary/aromatic N) is 1. The highest BCUT2D eigenvalue weighted by Gasteiger charge is 2.13. The zero-order valence-corrected chi connectivity index (χ0v) is 12.6. The number of aryl methyl sites for hydroxylation is 1. The van der Waals surface area contributed by atoms with Crippen molar-refractivity contribution < 1.29 is 4.79 Å². The Morgan fingerprint density at radius 3 is 2.67 bits per heavy atom. The van der Waals surface area contributed by atoms with Crippen molar-refractivity contribution in [2.24, 2.45) is 0 Å². The second-order valence-electron chi connectivity index (χ2n) is 4.66. The summed E-state index contributed by atoms with van der Waals surface area (Å²) >= 11 is 12.0. The Hall–Kier alpha value is -2.04. The number of aromatic nitrogens is 2. The maximum absolute atomic E-state index is 12.3. The molecular formula is C15H11Cl2N3O. The molecule has 0 bridgehead atoms. The van der Waals surface area contributed by atoms with Gasteiger partial charge in [0.1, 0.15) is 0 Å². The summed E-state index contributed by atoms with van der Waals surface area (Å²) in [4.78, 5) is 19.3. The summed E-state index contributed by atoms with van der Waals surface area (Å²) < 4.78 is 0. The molecule has 2 aromatic heterocycles. The third-order valence-corrected chi connectivity index (χ3v) is 3.82. The van der Waals surface area contributed by atoms with Crippen LogP contribution in [0.5, 0.6) is 0 Å². The smallest absolute Gasteiger partial charge is 0.255 e. The van der Waals surface area contributed by atoms with Crippen molar-refractivity contribution in [3.05, 3.63) is 58.0 Å². The van der Waals surface area contributed by atoms with Gasteiger partial charge in [-0.1, -0.05) is 29.3 Å². The van der Waals surface area contributed by atoms with Gasteiger partial charge in [0.15, 0.2) is 0 Å². The molecule has 0 unspecified atom stereocenters. The molecule has 0 spiro atoms. The second kappa shape index (κ2) is 5.39. The van der Waals surface area contributed by atoms with Crippen molar-refractivity contribution in [3.63, 3.8) is 0 Å². The number of carbonyl (C=O) groups is 1. The normalized spacial score (nSPS) is 10.8. The summed E-state index contributed by atoms with van der Waals surface area (Å²) in [5.41, 5.74) is 2.93. The topological polar surface area (TPSA) is 57.8 Å². The molecule has 21 heavy (non-hydrogen) atoms. The molecule has 106 valence electrons. The van der Waals surface area contributed by atoms with Crippen LogP contribution in [0.15, 0.2) is 36.8 Å². The number of rotatable bonds is 2. The summed E-state index contributed by atoms with van der Waals surface area (Å²) in [5, 5.41) is 4.40. The van der Waals surface area contributed by atoms with Gasteiger partial charge in [0.25, 0.3) is 5.91 Å². The lowest BCUT2D eigenvalue weighted by molar-refractivity contribution is 0.102. The maximum Gasteiger partial charge on any atom is 0.255 e. The number of H-pyrrole nitrogens is 1. The Kier molecular flexibility index (Phi) is 3.57. The molecule has 0 aliphatic heterocycles. The first-order valence-electron chi connectivity index (χ1n) is 6.24. The van der Waals surface area contributed by atoms with Crippen LogP contribution in [0, 0.1) is 6.92 Å². The van der Waals surface area contributed by atoms with Crippen molar-refractivity contribution in [2.45, 2.75) is 6.92 Å². The summed E-state index contributed by atoms with van der Waals surface area (Å²) in [5.74, 6) is -0.279. The van der Waals surface area contributed by atoms with Gasteiger partial charge in [-0.05, 0) is 24.6 Å². The van der Waals surface area contributed by atoms with Gasteiger partial charge in [-0.2, -0.15) is 0 Å². The van der Waals surface area contributed by atoms with E-state index in [9.17, 15) is 4.79 Å². The van der Waals surface area contributed by atoms with Crippen molar-refractivity contribution in [1.29, 1.82) is 0 Å². The molecule has 0 aliphatic rings. The van der Waals surface area contributed by atoms with E-state index < -0.39 is 0 Å². The Balaban J connectivity index is 1.93. The number of benzene rings is 1. The van der Waals surface area contributed by atoms with Gasteiger partial charge in [-0.25, -0.2) is 0 Å². The predicted molar refractivity (Wildman–Crippen MR) is 85.2 cm³/mol. The van der Waals surface area contributed by atoms with E-state index in [-0.39, 0.29) is 5.91 Å². The van der Waals surface area contributed by atoms with Gasteiger partial charge < -0.3 is 10.3 Å². The van der Waals surface area contributed by atoms with Crippen LogP contribution in [0.2, 0.25) is 10.0 Å². The van der Waals surface area contributed by atoms with Gasteiger partial charge in [-0.3, -0.25) is 9.78 Å². The summed E-state index contributed by atoms with van der Waals surface area (Å²) in [6.07, 6.45) is 4.77. The van der Waals surface area contributed by atoms with Crippen molar-refractivity contribution in [3.8, 4) is 0 Å². The monoisotopic (exact) mass is 319 g/mol. The number of halogens is 2. The summed E-state index contributed by atoms with van der Waals surface area (Å²) in [6, 6.07) is 5.47. The minimum atomic E-state index is -0.279. The number of carbonyl (C=O) groups excluding carboxylic acids is 1. The SMILES string of the molecule is Cc1c[nH]c2cc(C(=O)Nc3c(Cl)cncc3Cl)ccc12. The third kappa shape index (κ3) is 2.60. The molecule has 2 N–H and O–H groups in total. The van der Waals surface area contributed by atoms with Crippen LogP contribution < -0.4 is 5.32 Å². The minimum absolute atomic E-state index is 0.279. The number of amides is 1. The Bertz CT molecular complexity index is 822. The first-order valence-corrected chi connectivity index (χ1v) is 7.00. The van der Waals surface area contributed by atoms with E-state index in [0.29, 0.717) is 21.3 Å². The molecule has 0 atom stereocenters. The zero-order valence-electron chi connectivity index (χ0n) is 11.1. The molecule has 0 fully saturated rings. The average molecular weight is 320 g/mol. The van der Waals surface area contributed by atoms with Crippen LogP contribution in [0.4, 0.5) is 5.69 Å². The molecule has 0 saturated carbocycles. The molecule has 0 radical (unpaired) electrons. The van der Waals surface area contributed by atoms with Gasteiger partial charge in [0, 0.05) is 35.1 Å². The lowest BCUT2D eigenvalue weighted by Gasteiger charge is -2.08. The number of fused-ring (bicyclic) bond motifs is 1. The number of pyridine rings is 1. The Morgan fingerprint density at radius 2 is 1.95 bits per heavy atom. The predicted octanol–water partition coefficient (Wildman–Crippen LogP) is 4.43. The molecule has 0 aliphatic carbocycles. The molecule has 3 aromatic rings. The van der Waals surface area contributed by atoms with Crippen LogP contribution in [0.25, 0.3) is 10.9 Å². The molecular weight excluding hydrogens is 309 g/mol. The number of nitrogens with one attached hydrogen (secondary N) is 2. The molecule has 2 heterocycles. The first-order chi connectivity index (χ1) is 10.1. The Labute approximate surface area is 131 Å². The van der Waals surface area contributed by atoms with Crippen LogP contribution in [-0.2, 0) is 0 Å². The summed E-state index contributed by atoms with van der Waals surface area (Å²) in [6.45, 7) is 2.01. The lowest BCUT2D eigenvalue weighted by Crippen LogP contribution is -2.12. The average Bonchev–Trinajstić information content (AvgIpc) is 2.84. The van der Waals surface area contributed by atoms with Crippen molar-refractivity contribution >= 4 is 45.7 Å². The van der Waals surface area contributed by atoms with E-state index >= 15 is 0 Å². The van der Waals surface area contributed by atoms with E-state index in [0.717, 1.165) is 16.5 Å². The largest absolute Gasteiger partial charge is 0.361 e. The molecule has 1 aromatic carbocycles. The molecule has 4 nitrogen and oxygen atoms in total. The number of aromatic amines is 1. The molecule has 6 heteroatoms. The van der Waals surface area contributed by atoms with Gasteiger partial charge in [0.05, 0.1) is 15.7 Å². The lowest BCUT2D eigenvalue weighted by atomic mass is 10.1. The fourth-order valence-corrected chi connectivity index (χ4v) is 2.59. The minimum Gasteiger partial charge on any atom is -0.361 e. The van der Waals surface area contributed by atoms with E-state index in [1.807, 2.05) is 19.2 Å². The summed E-state index contributed by atoms with van der Waals surface area (Å²) in [7, 11) is 0. The van der Waals surface area contributed by atoms with Crippen LogP contribution in [-0.4, -0.2) is 15.9 Å². The van der Waals surface area contributed by atoms with E-state index in [2.05, 4.69) is 15.3 Å². The highest BCUT2D eigenvalue weighted by Crippen LogP contribution is 2.29. The van der Waals surface area contributed by atoms with Crippen LogP contribution in [0.3, 0.4) is 0 Å². The van der Waals surface area contributed by atoms with Crippen molar-refractivity contribution in [1.82, 2.24) is 9.97 Å². The number of anilines is 1. The second-order valence-corrected chi connectivity index (χ2v) is 5.48. The van der Waals surface area contributed by atoms with E-state index in [1.165, 1.54) is 12.4 Å². The number of hydrogen-bond acceptors (Lipinski definition) is 2. The highest BCUT2D eigenvalue weighted by molar-refractivity contribution is 6.39. The third-order valence-electron chi connectivity index (χ3n) is 3.24. The fraction of sp³-hybridized carbons (Fsp3) is 0.0667. The number of hydrogen-bond donors (Lipinski definition) is 2. The quantitative estimate of drug-likeness (QED) is 0.734. The zero-order chi connectivity index (χ0) is 15.0. The molecule has 1 amide bonds. The first kappa shape index (κ1) is 13.9. The van der Waals surface area contributed by atoms with Gasteiger partial charge in [-0.15, -0.1) is 0 Å². The highest BCUT2D eigenvalue weighted by atomic mass is 35.5. The van der Waals surface area contributed by atoms with Crippen molar-refractivity contribution in [2.75, 3.05) is 5.32 Å². The van der Waals surface area contributed by atoms with Crippen LogP contribution in [0.1, 0.15) is 15.9 Å². The van der Waals surface area contributed by atoms with E-state index in [1.54, 1.807) is 12.1 Å². The molecule has 0 saturated heterocycles. The molecule has 3 rings (SSSR count). The Morgan fingerprint density at radius 1 is 1.24 bits per heavy atom. The van der Waals surface area contributed by atoms with Gasteiger partial charge >= 0.3 is 0 Å².